The molecule has 238 valence electrons. The maximum Gasteiger partial charge on any atom is 0.295 e. The Balaban J connectivity index is 2.00. The van der Waals surface area contributed by atoms with Crippen molar-refractivity contribution >= 4 is 36.8 Å². The fourth-order valence-corrected chi connectivity index (χ4v) is 7.45. The van der Waals surface area contributed by atoms with Crippen LogP contribution in [0.2, 0.25) is 0 Å². The number of hydrogen-bond acceptors (Lipinski definition) is 7. The van der Waals surface area contributed by atoms with E-state index in [0.717, 1.165) is 56.1 Å². The van der Waals surface area contributed by atoms with Gasteiger partial charge in [-0.3, -0.25) is 4.55 Å². The summed E-state index contributed by atoms with van der Waals surface area (Å²) in [5, 5.41) is 1.58. The summed E-state index contributed by atoms with van der Waals surface area (Å²) < 4.78 is 73.5. The van der Waals surface area contributed by atoms with Crippen LogP contribution in [0.1, 0.15) is 47.0 Å². The molecular weight excluding hydrogens is 601 g/mol. The molecule has 1 aliphatic carbocycles. The normalized spacial score (nSPS) is 12.2. The van der Waals surface area contributed by atoms with Crippen LogP contribution in [0.15, 0.2) is 68.8 Å². The SMILES string of the molecule is CCN(CC)c1ccc2c(-c3ccc(S(=O)(=O)NCCCCCN)cc3S(=O)(=O)O)c3ccc(=[N+](CC)CC)cc-3oc2c1. The monoisotopic (exact) mass is 643 g/mol. The molecule has 44 heavy (non-hydrogen) atoms. The highest BCUT2D eigenvalue weighted by Gasteiger charge is 2.27. The fourth-order valence-electron chi connectivity index (χ4n) is 5.55. The Morgan fingerprint density at radius 2 is 1.57 bits per heavy atom. The van der Waals surface area contributed by atoms with Gasteiger partial charge in [0.1, 0.15) is 29.3 Å². The molecule has 0 unspecified atom stereocenters. The Bertz CT molecular complexity index is 1870. The van der Waals surface area contributed by atoms with Gasteiger partial charge in [-0.05, 0) is 77.4 Å². The van der Waals surface area contributed by atoms with Crippen molar-refractivity contribution in [1.82, 2.24) is 9.30 Å². The topological polar surface area (TPSA) is 146 Å². The average molecular weight is 644 g/mol. The van der Waals surface area contributed by atoms with Crippen molar-refractivity contribution < 1.29 is 25.8 Å². The molecule has 0 radical (unpaired) electrons. The molecule has 12 heteroatoms. The number of benzene rings is 3. The molecule has 2 aromatic carbocycles. The van der Waals surface area contributed by atoms with Crippen LogP contribution in [0.3, 0.4) is 0 Å². The number of anilines is 1. The zero-order valence-corrected chi connectivity index (χ0v) is 27.5. The van der Waals surface area contributed by atoms with Crippen LogP contribution in [0.5, 0.6) is 0 Å². The van der Waals surface area contributed by atoms with Gasteiger partial charge in [0.15, 0.2) is 0 Å². The Morgan fingerprint density at radius 3 is 2.20 bits per heavy atom. The van der Waals surface area contributed by atoms with E-state index in [1.807, 2.05) is 36.4 Å². The standard InChI is InChI=1S/C32H42N4O6S2/c1-5-35(6-2)23-12-15-26-29(20-23)42-30-21-24(36(7-3)8-4)13-16-27(30)32(26)28-17-14-25(22-31(28)44(39,40)41)43(37,38)34-19-11-9-10-18-33/h12-17,20-22,34H,5-11,18-19,33H2,1-4H3/p+1. The zero-order valence-electron chi connectivity index (χ0n) is 25.8. The van der Waals surface area contributed by atoms with Crippen LogP contribution in [-0.4, -0.2) is 60.7 Å². The minimum Gasteiger partial charge on any atom is -0.456 e. The largest absolute Gasteiger partial charge is 0.456 e. The van der Waals surface area contributed by atoms with Crippen molar-refractivity contribution in [3.63, 3.8) is 0 Å². The summed E-state index contributed by atoms with van der Waals surface area (Å²) >= 11 is 0. The number of sulfonamides is 1. The Morgan fingerprint density at radius 1 is 0.864 bits per heavy atom. The molecule has 0 aromatic heterocycles. The van der Waals surface area contributed by atoms with Gasteiger partial charge in [0.25, 0.3) is 10.1 Å². The molecule has 0 bridgehead atoms. The van der Waals surface area contributed by atoms with Gasteiger partial charge in [0.2, 0.25) is 15.4 Å². The van der Waals surface area contributed by atoms with Gasteiger partial charge in [-0.25, -0.2) is 17.7 Å². The maximum absolute atomic E-state index is 13.1. The van der Waals surface area contributed by atoms with Crippen LogP contribution >= 0.6 is 0 Å². The first kappa shape index (κ1) is 33.6. The van der Waals surface area contributed by atoms with E-state index < -0.39 is 25.0 Å². The summed E-state index contributed by atoms with van der Waals surface area (Å²) in [5.74, 6) is 0.533. The van der Waals surface area contributed by atoms with Crippen molar-refractivity contribution in [1.29, 1.82) is 0 Å². The summed E-state index contributed by atoms with van der Waals surface area (Å²) in [6.45, 7) is 12.1. The molecule has 0 saturated carbocycles. The highest BCUT2D eigenvalue weighted by atomic mass is 32.2. The molecule has 4 N–H and O–H groups in total. The van der Waals surface area contributed by atoms with E-state index in [-0.39, 0.29) is 17.0 Å². The van der Waals surface area contributed by atoms with Gasteiger partial charge < -0.3 is 15.1 Å². The van der Waals surface area contributed by atoms with Gasteiger partial charge in [0.05, 0.1) is 11.0 Å². The summed E-state index contributed by atoms with van der Waals surface area (Å²) in [7, 11) is -8.89. The van der Waals surface area contributed by atoms with Gasteiger partial charge in [0, 0.05) is 59.5 Å². The van der Waals surface area contributed by atoms with Gasteiger partial charge in [-0.2, -0.15) is 8.42 Å². The first-order valence-electron chi connectivity index (χ1n) is 15.1. The second kappa shape index (κ2) is 14.2. The smallest absolute Gasteiger partial charge is 0.295 e. The van der Waals surface area contributed by atoms with Gasteiger partial charge >= 0.3 is 0 Å². The lowest BCUT2D eigenvalue weighted by Crippen LogP contribution is -2.29. The number of hydrogen-bond donors (Lipinski definition) is 3. The Hall–Kier alpha value is -3.29. The number of nitrogens with zero attached hydrogens (tertiary/aromatic N) is 2. The van der Waals surface area contributed by atoms with E-state index in [2.05, 4.69) is 41.9 Å². The van der Waals surface area contributed by atoms with Crippen LogP contribution in [0.25, 0.3) is 33.4 Å². The fraction of sp³-hybridized carbons (Fsp3) is 0.406. The number of nitrogens with two attached hydrogens (primary N) is 1. The lowest BCUT2D eigenvalue weighted by Gasteiger charge is -2.22. The molecule has 0 fully saturated rings. The van der Waals surface area contributed by atoms with Crippen LogP contribution < -0.4 is 25.3 Å². The second-order valence-corrected chi connectivity index (χ2v) is 13.7. The molecule has 0 spiro atoms. The maximum atomic E-state index is 13.1. The van der Waals surface area contributed by atoms with Crippen LogP contribution in [0.4, 0.5) is 5.69 Å². The van der Waals surface area contributed by atoms with Crippen LogP contribution in [0, 0.1) is 0 Å². The first-order valence-corrected chi connectivity index (χ1v) is 18.1. The van der Waals surface area contributed by atoms with E-state index in [9.17, 15) is 21.4 Å². The summed E-state index contributed by atoms with van der Waals surface area (Å²) in [5.41, 5.74) is 8.31. The highest BCUT2D eigenvalue weighted by Crippen LogP contribution is 2.43. The molecule has 2 aromatic rings. The Labute approximate surface area is 260 Å². The average Bonchev–Trinajstić information content (AvgIpc) is 3.00. The van der Waals surface area contributed by atoms with Crippen molar-refractivity contribution in [2.24, 2.45) is 5.73 Å². The minimum absolute atomic E-state index is 0.173. The van der Waals surface area contributed by atoms with Crippen LogP contribution in [-0.2, 0) is 20.1 Å². The van der Waals surface area contributed by atoms with E-state index in [1.54, 1.807) is 0 Å². The molecule has 0 atom stereocenters. The summed E-state index contributed by atoms with van der Waals surface area (Å²) in [6, 6.07) is 15.3. The minimum atomic E-state index is -4.85. The highest BCUT2D eigenvalue weighted by molar-refractivity contribution is 7.89. The number of rotatable bonds is 14. The van der Waals surface area contributed by atoms with E-state index in [0.29, 0.717) is 40.8 Å². The molecular formula is C32H43N4O6S2+. The molecule has 4 rings (SSSR count). The molecule has 1 heterocycles. The molecule has 0 amide bonds. The van der Waals surface area contributed by atoms with Crippen molar-refractivity contribution in [3.8, 4) is 22.5 Å². The molecule has 1 aliphatic heterocycles. The number of fused-ring (bicyclic) bond motifs is 2. The van der Waals surface area contributed by atoms with E-state index in [4.69, 9.17) is 10.2 Å². The van der Waals surface area contributed by atoms with E-state index >= 15 is 0 Å². The predicted octanol–water partition coefficient (Wildman–Crippen LogP) is 4.52. The van der Waals surface area contributed by atoms with Crippen molar-refractivity contribution in [2.75, 3.05) is 44.2 Å². The molecule has 2 aliphatic rings. The van der Waals surface area contributed by atoms with E-state index in [1.165, 1.54) is 12.1 Å². The molecule has 10 nitrogen and oxygen atoms in total. The quantitative estimate of drug-likeness (QED) is 0.0787. The third kappa shape index (κ3) is 7.16. The third-order valence-electron chi connectivity index (χ3n) is 7.93. The zero-order chi connectivity index (χ0) is 32.1. The Kier molecular flexibility index (Phi) is 10.9. The summed E-state index contributed by atoms with van der Waals surface area (Å²) in [6.07, 6.45) is 2.14. The first-order chi connectivity index (χ1) is 21.0. The van der Waals surface area contributed by atoms with Gasteiger partial charge in [-0.1, -0.05) is 12.5 Å². The van der Waals surface area contributed by atoms with Gasteiger partial charge in [-0.15, -0.1) is 0 Å². The second-order valence-electron chi connectivity index (χ2n) is 10.6. The van der Waals surface area contributed by atoms with Crippen molar-refractivity contribution in [2.45, 2.75) is 56.7 Å². The number of nitrogens with one attached hydrogen (secondary N) is 1. The van der Waals surface area contributed by atoms with Crippen molar-refractivity contribution in [3.05, 3.63) is 60.0 Å². The number of unbranched alkanes of at least 4 members (excludes halogenated alkanes) is 2. The lowest BCUT2D eigenvalue weighted by atomic mass is 9.93. The summed E-state index contributed by atoms with van der Waals surface area (Å²) in [4.78, 5) is 1.42. The predicted molar refractivity (Wildman–Crippen MR) is 176 cm³/mol. The molecule has 0 saturated heterocycles. The third-order valence-corrected chi connectivity index (χ3v) is 10.3. The lowest BCUT2D eigenvalue weighted by molar-refractivity contribution is 0.483.